The number of aromatic nitrogens is 2. The molecule has 1 aromatic heterocycles. The van der Waals surface area contributed by atoms with Crippen molar-refractivity contribution < 1.29 is 9.53 Å². The van der Waals surface area contributed by atoms with Crippen LogP contribution >= 0.6 is 0 Å². The Morgan fingerprint density at radius 3 is 2.88 bits per heavy atom. The Labute approximate surface area is 154 Å². The van der Waals surface area contributed by atoms with Gasteiger partial charge in [0.15, 0.2) is 5.82 Å². The molecule has 26 heavy (non-hydrogen) atoms. The number of hydrogen-bond acceptors (Lipinski definition) is 4. The first-order valence-corrected chi connectivity index (χ1v) is 9.32. The lowest BCUT2D eigenvalue weighted by Crippen LogP contribution is -2.64. The van der Waals surface area contributed by atoms with E-state index in [9.17, 15) is 4.79 Å². The Balaban J connectivity index is 1.26. The number of benzene rings is 1. The van der Waals surface area contributed by atoms with Crippen molar-refractivity contribution in [1.82, 2.24) is 19.8 Å². The van der Waals surface area contributed by atoms with E-state index in [1.165, 1.54) is 5.56 Å². The maximum Gasteiger partial charge on any atom is 0.287 e. The summed E-state index contributed by atoms with van der Waals surface area (Å²) >= 11 is 0. The first-order chi connectivity index (χ1) is 12.7. The number of imidazole rings is 1. The molecule has 2 aliphatic rings. The summed E-state index contributed by atoms with van der Waals surface area (Å²) < 4.78 is 7.87. The summed E-state index contributed by atoms with van der Waals surface area (Å²) in [6.45, 7) is 4.45. The molecule has 4 rings (SSSR count). The van der Waals surface area contributed by atoms with Gasteiger partial charge >= 0.3 is 0 Å². The zero-order valence-electron chi connectivity index (χ0n) is 15.2. The van der Waals surface area contributed by atoms with E-state index < -0.39 is 0 Å². The number of amides is 1. The molecule has 2 aliphatic heterocycles. The van der Waals surface area contributed by atoms with Gasteiger partial charge in [0.1, 0.15) is 0 Å². The summed E-state index contributed by atoms with van der Waals surface area (Å²) in [7, 11) is 1.83. The summed E-state index contributed by atoms with van der Waals surface area (Å²) in [6, 6.07) is 10.6. The van der Waals surface area contributed by atoms with Crippen LogP contribution in [0.25, 0.3) is 0 Å². The number of aryl methyl sites for hydroxylation is 1. The zero-order chi connectivity index (χ0) is 18.0. The molecule has 1 unspecified atom stereocenters. The highest BCUT2D eigenvalue weighted by molar-refractivity contribution is 5.90. The predicted molar refractivity (Wildman–Crippen MR) is 98.7 cm³/mol. The van der Waals surface area contributed by atoms with Crippen molar-refractivity contribution in [1.29, 1.82) is 0 Å². The smallest absolute Gasteiger partial charge is 0.287 e. The Bertz CT molecular complexity index is 752. The molecule has 1 aromatic carbocycles. The minimum absolute atomic E-state index is 0.0112. The normalized spacial score (nSPS) is 21.7. The summed E-state index contributed by atoms with van der Waals surface area (Å²) in [5.41, 5.74) is 1.34. The van der Waals surface area contributed by atoms with Gasteiger partial charge in [-0.3, -0.25) is 9.69 Å². The summed E-state index contributed by atoms with van der Waals surface area (Å²) in [5, 5.41) is 3.00. The van der Waals surface area contributed by atoms with Crippen LogP contribution in [0.5, 0.6) is 0 Å². The van der Waals surface area contributed by atoms with Crippen LogP contribution in [0.4, 0.5) is 0 Å². The third-order valence-corrected chi connectivity index (χ3v) is 5.63. The van der Waals surface area contributed by atoms with Gasteiger partial charge in [-0.2, -0.15) is 0 Å². The topological polar surface area (TPSA) is 59.4 Å². The van der Waals surface area contributed by atoms with Crippen molar-refractivity contribution in [3.05, 3.63) is 54.1 Å². The largest absolute Gasteiger partial charge is 0.372 e. The molecule has 1 amide bonds. The molecule has 0 aliphatic carbocycles. The molecule has 0 saturated carbocycles. The maximum atomic E-state index is 12.2. The average molecular weight is 354 g/mol. The lowest BCUT2D eigenvalue weighted by molar-refractivity contribution is -0.136. The molecule has 6 heteroatoms. The molecule has 138 valence electrons. The standard InChI is InChI=1S/C20H26N4O2/c1-23-11-10-21-18(23)19(25)22-9-7-17-8-12-26-20(17)14-24(15-20)13-16-5-3-2-4-6-16/h2-6,10-11,17H,7-9,12-15H2,1H3,(H,22,25). The van der Waals surface area contributed by atoms with E-state index in [1.54, 1.807) is 17.0 Å². The Kier molecular flexibility index (Phi) is 4.78. The van der Waals surface area contributed by atoms with Gasteiger partial charge in [0.25, 0.3) is 5.91 Å². The fourth-order valence-electron chi connectivity index (χ4n) is 4.23. The number of ether oxygens (including phenoxy) is 1. The van der Waals surface area contributed by atoms with E-state index >= 15 is 0 Å². The van der Waals surface area contributed by atoms with Gasteiger partial charge in [-0.05, 0) is 24.3 Å². The van der Waals surface area contributed by atoms with Crippen LogP contribution in [-0.4, -0.2) is 52.2 Å². The lowest BCUT2D eigenvalue weighted by atomic mass is 9.78. The van der Waals surface area contributed by atoms with E-state index in [4.69, 9.17) is 4.74 Å². The van der Waals surface area contributed by atoms with E-state index in [1.807, 2.05) is 7.05 Å². The molecular weight excluding hydrogens is 328 g/mol. The molecule has 2 fully saturated rings. The molecule has 3 heterocycles. The van der Waals surface area contributed by atoms with Crippen LogP contribution in [0.1, 0.15) is 29.0 Å². The van der Waals surface area contributed by atoms with Crippen LogP contribution in [0.15, 0.2) is 42.7 Å². The first kappa shape index (κ1) is 17.2. The molecule has 0 radical (unpaired) electrons. The zero-order valence-corrected chi connectivity index (χ0v) is 15.2. The van der Waals surface area contributed by atoms with Crippen molar-refractivity contribution in [2.45, 2.75) is 25.0 Å². The molecule has 1 spiro atoms. The summed E-state index contributed by atoms with van der Waals surface area (Å²) in [5.74, 6) is 0.862. The van der Waals surface area contributed by atoms with Crippen LogP contribution in [-0.2, 0) is 18.3 Å². The maximum absolute atomic E-state index is 12.2. The van der Waals surface area contributed by atoms with Crippen LogP contribution in [0, 0.1) is 5.92 Å². The summed E-state index contributed by atoms with van der Waals surface area (Å²) in [4.78, 5) is 18.7. The highest BCUT2D eigenvalue weighted by Crippen LogP contribution is 2.42. The summed E-state index contributed by atoms with van der Waals surface area (Å²) in [6.07, 6.45) is 5.46. The van der Waals surface area contributed by atoms with Crippen LogP contribution < -0.4 is 5.32 Å². The quantitative estimate of drug-likeness (QED) is 0.860. The van der Waals surface area contributed by atoms with Gasteiger partial charge in [0, 0.05) is 52.2 Å². The minimum Gasteiger partial charge on any atom is -0.372 e. The van der Waals surface area contributed by atoms with E-state index in [2.05, 4.69) is 45.5 Å². The molecule has 6 nitrogen and oxygen atoms in total. The van der Waals surface area contributed by atoms with Gasteiger partial charge in [-0.1, -0.05) is 30.3 Å². The number of carbonyl (C=O) groups excluding carboxylic acids is 1. The SMILES string of the molecule is Cn1ccnc1C(=O)NCCC1CCOC12CN(Cc1ccccc1)C2. The molecule has 1 N–H and O–H groups in total. The Morgan fingerprint density at radius 1 is 1.35 bits per heavy atom. The number of nitrogens with one attached hydrogen (secondary N) is 1. The van der Waals surface area contributed by atoms with Crippen molar-refractivity contribution >= 4 is 5.91 Å². The van der Waals surface area contributed by atoms with E-state index in [-0.39, 0.29) is 11.5 Å². The monoisotopic (exact) mass is 354 g/mol. The number of nitrogens with zero attached hydrogens (tertiary/aromatic N) is 3. The van der Waals surface area contributed by atoms with Gasteiger partial charge in [0.05, 0.1) is 5.60 Å². The van der Waals surface area contributed by atoms with Gasteiger partial charge < -0.3 is 14.6 Å². The second-order valence-electron chi connectivity index (χ2n) is 7.44. The fraction of sp³-hybridized carbons (Fsp3) is 0.500. The molecule has 2 saturated heterocycles. The van der Waals surface area contributed by atoms with Gasteiger partial charge in [-0.15, -0.1) is 0 Å². The fourth-order valence-corrected chi connectivity index (χ4v) is 4.23. The average Bonchev–Trinajstić information content (AvgIpc) is 3.22. The number of rotatable bonds is 6. The van der Waals surface area contributed by atoms with Crippen molar-refractivity contribution in [2.75, 3.05) is 26.2 Å². The minimum atomic E-state index is -0.107. The van der Waals surface area contributed by atoms with Crippen molar-refractivity contribution in [2.24, 2.45) is 13.0 Å². The predicted octanol–water partition coefficient (Wildman–Crippen LogP) is 1.83. The number of likely N-dealkylation sites (tertiary alicyclic amines) is 1. The third kappa shape index (κ3) is 3.39. The number of carbonyl (C=O) groups is 1. The van der Waals surface area contributed by atoms with Gasteiger partial charge in [0.2, 0.25) is 0 Å². The molecular formula is C20H26N4O2. The van der Waals surface area contributed by atoms with Crippen LogP contribution in [0.3, 0.4) is 0 Å². The second kappa shape index (κ2) is 7.21. The third-order valence-electron chi connectivity index (χ3n) is 5.63. The lowest BCUT2D eigenvalue weighted by Gasteiger charge is -2.50. The Hall–Kier alpha value is -2.18. The second-order valence-corrected chi connectivity index (χ2v) is 7.44. The highest BCUT2D eigenvalue weighted by atomic mass is 16.5. The Morgan fingerprint density at radius 2 is 2.15 bits per heavy atom. The number of hydrogen-bond donors (Lipinski definition) is 1. The van der Waals surface area contributed by atoms with Crippen molar-refractivity contribution in [3.63, 3.8) is 0 Å². The van der Waals surface area contributed by atoms with E-state index in [0.717, 1.165) is 39.1 Å². The van der Waals surface area contributed by atoms with Crippen molar-refractivity contribution in [3.8, 4) is 0 Å². The van der Waals surface area contributed by atoms with Gasteiger partial charge in [-0.25, -0.2) is 4.98 Å². The molecule has 1 atom stereocenters. The molecule has 0 bridgehead atoms. The first-order valence-electron chi connectivity index (χ1n) is 9.32. The van der Waals surface area contributed by atoms with E-state index in [0.29, 0.717) is 18.3 Å². The van der Waals surface area contributed by atoms with Crippen LogP contribution in [0.2, 0.25) is 0 Å². The highest BCUT2D eigenvalue weighted by Gasteiger charge is 2.52. The molecule has 2 aromatic rings.